The number of amides is 2. The van der Waals surface area contributed by atoms with Gasteiger partial charge in [0.15, 0.2) is 18.9 Å². The summed E-state index contributed by atoms with van der Waals surface area (Å²) >= 11 is 0. The van der Waals surface area contributed by atoms with Gasteiger partial charge in [0.2, 0.25) is 11.8 Å². The van der Waals surface area contributed by atoms with Crippen LogP contribution in [-0.2, 0) is 94.6 Å². The zero-order valence-corrected chi connectivity index (χ0v) is 70.3. The van der Waals surface area contributed by atoms with Gasteiger partial charge < -0.3 is 118 Å². The van der Waals surface area contributed by atoms with Crippen LogP contribution in [0.25, 0.3) is 0 Å². The van der Waals surface area contributed by atoms with Crippen molar-refractivity contribution in [2.75, 3.05) is 106 Å². The second-order valence-corrected chi connectivity index (χ2v) is 33.9. The number of ether oxygens (including phenoxy) is 9. The number of hydrogen-bond acceptors (Lipinski definition) is 31. The van der Waals surface area contributed by atoms with E-state index < -0.39 is 143 Å². The molecule has 2 amide bonds. The number of rotatable bonds is 70. The van der Waals surface area contributed by atoms with Crippen molar-refractivity contribution < 1.29 is 151 Å². The molecule has 3 saturated heterocycles. The van der Waals surface area contributed by atoms with Crippen molar-refractivity contribution in [3.8, 4) is 0 Å². The van der Waals surface area contributed by atoms with Gasteiger partial charge in [0.25, 0.3) is 7.82 Å². The Hall–Kier alpha value is -3.69. The van der Waals surface area contributed by atoms with E-state index in [9.17, 15) is 98.9 Å². The number of Topliss-reactive ketones (excluding diaryl/α,β-unsaturated/α-hetero) is 6. The Bertz CT molecular complexity index is 2590. The molecule has 1 saturated carbocycles. The summed E-state index contributed by atoms with van der Waals surface area (Å²) in [5.41, 5.74) is -1.11. The van der Waals surface area contributed by atoms with Gasteiger partial charge >= 0.3 is 0 Å². The number of hydrogen-bond donors (Lipinski definition) is 12. The quantitative estimate of drug-likeness (QED) is 0.0289. The SMILES string of the molecule is COP(=O)([O-])OC[C@@H]1C[C@@H](O)CC1C(=O)CCCCCCCCCCC(=O)CC(COCCC(=O)CCCCCC(=O)CCCCOC1OC(CO)C(O)C(O)C1C)(COCCC(=O)CCCCCC(=O)CCCCOC1OC(CO)C(O)C(O)C1C)COCCC(=O)NCCCNC(=O)CCCCOC1OC(CO)C(O)C(O)C1C. The first-order valence-electron chi connectivity index (χ1n) is 42.9. The van der Waals surface area contributed by atoms with Gasteiger partial charge in [-0.25, -0.2) is 0 Å². The maximum absolute atomic E-state index is 14.2. The molecular weight excluding hydrogens is 1540 g/mol. The van der Waals surface area contributed by atoms with Crippen LogP contribution in [0, 0.1) is 35.0 Å². The molecule has 0 aromatic heterocycles. The fourth-order valence-electron chi connectivity index (χ4n) is 14.9. The van der Waals surface area contributed by atoms with Crippen LogP contribution in [0.1, 0.15) is 252 Å². The average Bonchev–Trinajstić information content (AvgIpc) is 1.41. The van der Waals surface area contributed by atoms with Crippen LogP contribution in [0.3, 0.4) is 0 Å². The van der Waals surface area contributed by atoms with Crippen molar-refractivity contribution in [1.29, 1.82) is 0 Å². The van der Waals surface area contributed by atoms with Gasteiger partial charge in [0.1, 0.15) is 71.3 Å². The summed E-state index contributed by atoms with van der Waals surface area (Å²) in [5, 5.41) is 106. The number of aliphatic hydroxyl groups excluding tert-OH is 10. The van der Waals surface area contributed by atoms with E-state index in [0.717, 1.165) is 45.6 Å². The number of carbonyl (C=O) groups excluding carboxylic acids is 8. The van der Waals surface area contributed by atoms with Crippen LogP contribution in [0.15, 0.2) is 0 Å². The molecule has 0 spiro atoms. The van der Waals surface area contributed by atoms with E-state index in [0.29, 0.717) is 135 Å². The minimum absolute atomic E-state index is 0.0203. The third kappa shape index (κ3) is 41.9. The Labute approximate surface area is 685 Å². The Kier molecular flexibility index (Phi) is 54.1. The Morgan fingerprint density at radius 2 is 0.733 bits per heavy atom. The molecule has 674 valence electrons. The summed E-state index contributed by atoms with van der Waals surface area (Å²) in [6.07, 6.45) is 4.11. The smallest absolute Gasteiger partial charge is 0.267 e. The van der Waals surface area contributed by atoms with E-state index in [1.807, 2.05) is 0 Å². The first kappa shape index (κ1) is 105. The number of unbranched alkanes of at least 4 members (excludes halogenated alkanes) is 14. The van der Waals surface area contributed by atoms with Crippen molar-refractivity contribution in [2.24, 2.45) is 35.0 Å². The lowest BCUT2D eigenvalue weighted by atomic mass is 9.83. The highest BCUT2D eigenvalue weighted by Gasteiger charge is 2.46. The van der Waals surface area contributed by atoms with Gasteiger partial charge in [-0.2, -0.15) is 0 Å². The molecule has 4 rings (SSSR count). The molecule has 17 unspecified atom stereocenters. The van der Waals surface area contributed by atoms with Gasteiger partial charge in [0, 0.05) is 153 Å². The van der Waals surface area contributed by atoms with Crippen LogP contribution in [-0.4, -0.2) is 284 Å². The van der Waals surface area contributed by atoms with Crippen molar-refractivity contribution in [3.05, 3.63) is 0 Å². The molecule has 116 heavy (non-hydrogen) atoms. The van der Waals surface area contributed by atoms with E-state index >= 15 is 0 Å². The van der Waals surface area contributed by atoms with Gasteiger partial charge in [-0.1, -0.05) is 72.1 Å². The number of aliphatic hydroxyl groups is 10. The molecule has 0 bridgehead atoms. The first-order valence-corrected chi connectivity index (χ1v) is 44.3. The Balaban J connectivity index is 1.28. The average molecular weight is 1690 g/mol. The molecular formula is C82H144N2O31P-. The summed E-state index contributed by atoms with van der Waals surface area (Å²) in [7, 11) is -3.48. The van der Waals surface area contributed by atoms with Gasteiger partial charge in [-0.3, -0.25) is 42.9 Å². The third-order valence-electron chi connectivity index (χ3n) is 22.4. The number of nitrogens with one attached hydrogen (secondary N) is 2. The Morgan fingerprint density at radius 1 is 0.405 bits per heavy atom. The maximum Gasteiger partial charge on any atom is 0.267 e. The van der Waals surface area contributed by atoms with E-state index in [-0.39, 0.29) is 183 Å². The van der Waals surface area contributed by atoms with Gasteiger partial charge in [0.05, 0.1) is 90.5 Å². The largest absolute Gasteiger partial charge is 0.756 e. The summed E-state index contributed by atoms with van der Waals surface area (Å²) in [4.78, 5) is 117. The maximum atomic E-state index is 14.2. The highest BCUT2D eigenvalue weighted by molar-refractivity contribution is 7.45. The molecule has 0 radical (unpaired) electrons. The van der Waals surface area contributed by atoms with E-state index in [1.165, 1.54) is 0 Å². The van der Waals surface area contributed by atoms with Crippen LogP contribution in [0.4, 0.5) is 0 Å². The standard InChI is InChI=1S/C82H145N2O31P/c1-56-73(97)76(100)68(49-85)113-79(56)109-40-22-19-30-60(88)26-14-11-16-28-62(90)35-43-106-53-82(48-64(92)32-13-9-7-5-6-8-10-18-33-67(94)66-47-65(93)46-59(66)52-112-116(103,104)105-4,54-107-44-36-63(91)29-17-12-15-27-61(89)31-20-23-41-110-80-57(2)74(98)77(101)69(50-86)114-80)55-108-45-37-72(96)84-39-25-38-83-71(95)34-21-24-42-111-81-58(3)75(99)78(102)70(51-87)115-81/h56-59,65-66,68-70,73-81,85-87,93,97-102H,5-55H2,1-4H3,(H,83,95)(H,84,96)(H,103,104)/p-1/t56?,57?,58?,59-,65+,66?,68?,69?,70?,73?,74?,75?,76?,77?,78?,79?,80?,81?,82?/m0/s1. The lowest BCUT2D eigenvalue weighted by Gasteiger charge is -2.40. The molecule has 33 nitrogen and oxygen atoms in total. The fourth-order valence-corrected chi connectivity index (χ4v) is 15.4. The predicted octanol–water partition coefficient (Wildman–Crippen LogP) is 4.73. The fraction of sp³-hybridized carbons (Fsp3) is 0.902. The zero-order chi connectivity index (χ0) is 85.3. The molecule has 34 heteroatoms. The van der Waals surface area contributed by atoms with E-state index in [2.05, 4.69) is 15.2 Å². The van der Waals surface area contributed by atoms with Crippen molar-refractivity contribution >= 4 is 54.3 Å². The molecule has 3 aliphatic heterocycles. The van der Waals surface area contributed by atoms with Crippen LogP contribution >= 0.6 is 7.82 Å². The first-order chi connectivity index (χ1) is 55.6. The highest BCUT2D eigenvalue weighted by atomic mass is 31.2. The summed E-state index contributed by atoms with van der Waals surface area (Å²) in [5.74, 6) is -2.98. The minimum Gasteiger partial charge on any atom is -0.756 e. The molecule has 4 aliphatic rings. The molecule has 0 aromatic rings. The predicted molar refractivity (Wildman–Crippen MR) is 419 cm³/mol. The number of phosphoric acid groups is 1. The number of carbonyl (C=O) groups is 8. The molecule has 1 aliphatic carbocycles. The molecule has 0 aromatic carbocycles. The topological polar surface area (TPSA) is 505 Å². The zero-order valence-electron chi connectivity index (χ0n) is 69.4. The van der Waals surface area contributed by atoms with Crippen molar-refractivity contribution in [1.82, 2.24) is 10.6 Å². The summed E-state index contributed by atoms with van der Waals surface area (Å²) < 4.78 is 73.9. The van der Waals surface area contributed by atoms with Crippen molar-refractivity contribution in [3.63, 3.8) is 0 Å². The lowest BCUT2D eigenvalue weighted by Crippen LogP contribution is -2.55. The second kappa shape index (κ2) is 59.9. The number of ketones is 6. The van der Waals surface area contributed by atoms with Gasteiger partial charge in [-0.15, -0.1) is 0 Å². The van der Waals surface area contributed by atoms with E-state index in [4.69, 9.17) is 47.2 Å². The molecule has 4 fully saturated rings. The molecule has 3 heterocycles. The van der Waals surface area contributed by atoms with Crippen LogP contribution < -0.4 is 15.5 Å². The molecule has 19 atom stereocenters. The third-order valence-corrected chi connectivity index (χ3v) is 23.3. The minimum atomic E-state index is -4.48. The highest BCUT2D eigenvalue weighted by Crippen LogP contribution is 2.42. The normalized spacial score (nSPS) is 27.3. The van der Waals surface area contributed by atoms with Crippen LogP contribution in [0.5, 0.6) is 0 Å². The monoisotopic (exact) mass is 1680 g/mol. The lowest BCUT2D eigenvalue weighted by molar-refractivity contribution is -0.282. The van der Waals surface area contributed by atoms with Crippen molar-refractivity contribution in [2.45, 2.75) is 332 Å². The second-order valence-electron chi connectivity index (χ2n) is 32.3. The Morgan fingerprint density at radius 3 is 1.12 bits per heavy atom. The van der Waals surface area contributed by atoms with Gasteiger partial charge in [-0.05, 0) is 102 Å². The van der Waals surface area contributed by atoms with Crippen LogP contribution in [0.2, 0.25) is 0 Å². The van der Waals surface area contributed by atoms with E-state index in [1.54, 1.807) is 20.8 Å². The number of phosphoric ester groups is 1. The summed E-state index contributed by atoms with van der Waals surface area (Å²) in [6, 6.07) is 0. The summed E-state index contributed by atoms with van der Waals surface area (Å²) in [6.45, 7) is 4.53. The molecule has 12 N–H and O–H groups in total.